The molecule has 0 atom stereocenters. The van der Waals surface area contributed by atoms with Gasteiger partial charge in [0, 0.05) is 17.2 Å². The van der Waals surface area contributed by atoms with Crippen LogP contribution in [-0.4, -0.2) is 32.6 Å². The Kier molecular flexibility index (Phi) is 6.25. The van der Waals surface area contributed by atoms with E-state index in [2.05, 4.69) is 0 Å². The second-order valence-electron chi connectivity index (χ2n) is 8.22. The van der Waals surface area contributed by atoms with Crippen LogP contribution in [0.1, 0.15) is 31.8 Å². The SMILES string of the molecule is COC(=O)c1cc2c(c(OS(=O)(=O)c3cccc(C(=O)O)c3)c1)OC(c1ccccc1)(c1ccccc1)O2. The van der Waals surface area contributed by atoms with Gasteiger partial charge in [-0.2, -0.15) is 8.42 Å². The topological polar surface area (TPSA) is 125 Å². The molecule has 1 N–H and O–H groups in total. The van der Waals surface area contributed by atoms with E-state index < -0.39 is 32.7 Å². The van der Waals surface area contributed by atoms with E-state index in [1.165, 1.54) is 37.4 Å². The Morgan fingerprint density at radius 3 is 2.00 bits per heavy atom. The molecule has 10 heteroatoms. The van der Waals surface area contributed by atoms with Crippen LogP contribution in [0.25, 0.3) is 0 Å². The summed E-state index contributed by atoms with van der Waals surface area (Å²) in [5, 5.41) is 9.27. The minimum atomic E-state index is -4.56. The average Bonchev–Trinajstić information content (AvgIpc) is 3.35. The Balaban J connectivity index is 1.65. The number of carbonyl (C=O) groups is 2. The summed E-state index contributed by atoms with van der Waals surface area (Å²) in [7, 11) is -3.38. The van der Waals surface area contributed by atoms with E-state index in [9.17, 15) is 23.1 Å². The second kappa shape index (κ2) is 9.56. The van der Waals surface area contributed by atoms with E-state index in [4.69, 9.17) is 18.4 Å². The number of hydrogen-bond donors (Lipinski definition) is 1. The molecule has 0 unspecified atom stereocenters. The number of carboxylic acids is 1. The fraction of sp³-hybridized carbons (Fsp3) is 0.0714. The molecule has 1 aliphatic rings. The zero-order chi connectivity index (χ0) is 26.9. The Bertz CT molecular complexity index is 1590. The van der Waals surface area contributed by atoms with Gasteiger partial charge in [0.05, 0.1) is 18.2 Å². The predicted molar refractivity (Wildman–Crippen MR) is 134 cm³/mol. The summed E-state index contributed by atoms with van der Waals surface area (Å²) < 4.78 is 49.3. The summed E-state index contributed by atoms with van der Waals surface area (Å²) in [6, 6.07) is 25.2. The monoisotopic (exact) mass is 532 g/mol. The van der Waals surface area contributed by atoms with E-state index in [-0.39, 0.29) is 28.4 Å². The van der Waals surface area contributed by atoms with Gasteiger partial charge in [-0.3, -0.25) is 0 Å². The molecule has 1 aliphatic heterocycles. The van der Waals surface area contributed by atoms with E-state index in [1.807, 2.05) is 12.1 Å². The van der Waals surface area contributed by atoms with Crippen molar-refractivity contribution in [1.82, 2.24) is 0 Å². The smallest absolute Gasteiger partial charge is 0.339 e. The van der Waals surface area contributed by atoms with Crippen LogP contribution in [0.2, 0.25) is 0 Å². The van der Waals surface area contributed by atoms with Crippen molar-refractivity contribution < 1.29 is 41.5 Å². The largest absolute Gasteiger partial charge is 0.478 e. The maximum absolute atomic E-state index is 13.2. The summed E-state index contributed by atoms with van der Waals surface area (Å²) in [5.74, 6) is -3.94. The molecule has 0 saturated heterocycles. The van der Waals surface area contributed by atoms with Gasteiger partial charge in [0.15, 0.2) is 11.5 Å². The predicted octanol–water partition coefficient (Wildman–Crippen LogP) is 4.61. The fourth-order valence-corrected chi connectivity index (χ4v) is 5.01. The van der Waals surface area contributed by atoms with Crippen LogP contribution in [0.5, 0.6) is 17.2 Å². The van der Waals surface area contributed by atoms with Crippen molar-refractivity contribution in [3.63, 3.8) is 0 Å². The lowest BCUT2D eigenvalue weighted by atomic mass is 9.97. The first kappa shape index (κ1) is 24.8. The minimum absolute atomic E-state index is 0.0451. The third-order valence-electron chi connectivity index (χ3n) is 5.82. The van der Waals surface area contributed by atoms with Crippen LogP contribution in [0.3, 0.4) is 0 Å². The number of benzene rings is 4. The van der Waals surface area contributed by atoms with E-state index in [1.54, 1.807) is 48.5 Å². The molecule has 0 fully saturated rings. The summed E-state index contributed by atoms with van der Waals surface area (Å²) >= 11 is 0. The molecule has 0 aromatic heterocycles. The van der Waals surface area contributed by atoms with Gasteiger partial charge in [0.1, 0.15) is 4.90 Å². The quantitative estimate of drug-likeness (QED) is 0.268. The van der Waals surface area contributed by atoms with E-state index in [0.29, 0.717) is 11.1 Å². The van der Waals surface area contributed by atoms with Crippen LogP contribution in [0.15, 0.2) is 102 Å². The van der Waals surface area contributed by atoms with Gasteiger partial charge in [0.25, 0.3) is 0 Å². The summed E-state index contributed by atoms with van der Waals surface area (Å²) in [5.41, 5.74) is 0.918. The number of ether oxygens (including phenoxy) is 3. The Labute approximate surface area is 217 Å². The molecule has 9 nitrogen and oxygen atoms in total. The Morgan fingerprint density at radius 1 is 0.789 bits per heavy atom. The van der Waals surface area contributed by atoms with Gasteiger partial charge in [-0.15, -0.1) is 0 Å². The maximum Gasteiger partial charge on any atom is 0.339 e. The highest BCUT2D eigenvalue weighted by atomic mass is 32.2. The molecule has 0 amide bonds. The molecule has 0 aliphatic carbocycles. The van der Waals surface area contributed by atoms with Crippen molar-refractivity contribution in [2.24, 2.45) is 0 Å². The van der Waals surface area contributed by atoms with Crippen LogP contribution >= 0.6 is 0 Å². The van der Waals surface area contributed by atoms with Crippen LogP contribution in [0.4, 0.5) is 0 Å². The lowest BCUT2D eigenvalue weighted by Crippen LogP contribution is -2.36. The lowest BCUT2D eigenvalue weighted by Gasteiger charge is -2.28. The fourth-order valence-electron chi connectivity index (χ4n) is 4.04. The molecule has 0 saturated carbocycles. The first-order valence-electron chi connectivity index (χ1n) is 11.3. The Hall–Kier alpha value is -4.83. The molecule has 0 spiro atoms. The normalized spacial score (nSPS) is 13.5. The zero-order valence-corrected chi connectivity index (χ0v) is 20.7. The second-order valence-corrected chi connectivity index (χ2v) is 9.76. The van der Waals surface area contributed by atoms with Gasteiger partial charge < -0.3 is 23.5 Å². The van der Waals surface area contributed by atoms with Crippen LogP contribution in [0, 0.1) is 0 Å². The van der Waals surface area contributed by atoms with Gasteiger partial charge in [-0.25, -0.2) is 9.59 Å². The third kappa shape index (κ3) is 4.41. The number of fused-ring (bicyclic) bond motifs is 1. The first-order valence-corrected chi connectivity index (χ1v) is 12.7. The van der Waals surface area contributed by atoms with Gasteiger partial charge in [-0.1, -0.05) is 66.7 Å². The molecule has 4 aromatic carbocycles. The van der Waals surface area contributed by atoms with Crippen molar-refractivity contribution in [3.05, 3.63) is 119 Å². The summed E-state index contributed by atoms with van der Waals surface area (Å²) in [6.07, 6.45) is 0. The molecule has 5 rings (SSSR count). The number of methoxy groups -OCH3 is 1. The van der Waals surface area contributed by atoms with Gasteiger partial charge in [-0.05, 0) is 24.3 Å². The van der Waals surface area contributed by atoms with Crippen molar-refractivity contribution in [2.75, 3.05) is 7.11 Å². The lowest BCUT2D eigenvalue weighted by molar-refractivity contribution is -0.0464. The number of hydrogen-bond acceptors (Lipinski definition) is 8. The number of esters is 1. The van der Waals surface area contributed by atoms with Crippen LogP contribution < -0.4 is 13.7 Å². The molecular formula is C28H20O9S. The molecular weight excluding hydrogens is 512 g/mol. The average molecular weight is 533 g/mol. The number of carboxylic acid groups (broad SMARTS) is 1. The van der Waals surface area contributed by atoms with E-state index >= 15 is 0 Å². The number of rotatable bonds is 7. The standard InChI is InChI=1S/C28H20O9S/c1-34-27(31)19-16-23-25(24(17-19)37-38(32,33)22-14-8-9-18(15-22)26(29)30)36-28(35-23,20-10-4-2-5-11-20)21-12-6-3-7-13-21/h2-17H,1H3,(H,29,30). The van der Waals surface area contributed by atoms with Crippen molar-refractivity contribution in [2.45, 2.75) is 10.7 Å². The van der Waals surface area contributed by atoms with Crippen LogP contribution in [-0.2, 0) is 20.6 Å². The van der Waals surface area contributed by atoms with Gasteiger partial charge >= 0.3 is 27.8 Å². The highest BCUT2D eigenvalue weighted by Crippen LogP contribution is 2.53. The third-order valence-corrected chi connectivity index (χ3v) is 7.05. The van der Waals surface area contributed by atoms with Crippen molar-refractivity contribution in [3.8, 4) is 17.2 Å². The molecule has 38 heavy (non-hydrogen) atoms. The summed E-state index contributed by atoms with van der Waals surface area (Å²) in [6.45, 7) is 0. The van der Waals surface area contributed by atoms with Crippen molar-refractivity contribution >= 4 is 22.1 Å². The highest BCUT2D eigenvalue weighted by molar-refractivity contribution is 7.87. The molecule has 0 bridgehead atoms. The highest BCUT2D eigenvalue weighted by Gasteiger charge is 2.47. The molecule has 4 aromatic rings. The Morgan fingerprint density at radius 2 is 1.42 bits per heavy atom. The van der Waals surface area contributed by atoms with E-state index in [0.717, 1.165) is 6.07 Å². The minimum Gasteiger partial charge on any atom is -0.478 e. The molecule has 192 valence electrons. The molecule has 1 heterocycles. The number of carbonyl (C=O) groups excluding carboxylic acids is 1. The van der Waals surface area contributed by atoms with Crippen molar-refractivity contribution in [1.29, 1.82) is 0 Å². The zero-order valence-electron chi connectivity index (χ0n) is 19.9. The first-order chi connectivity index (χ1) is 18.2. The van der Waals surface area contributed by atoms with Gasteiger partial charge in [0.2, 0.25) is 5.75 Å². The number of aromatic carboxylic acids is 1. The maximum atomic E-state index is 13.2. The molecule has 0 radical (unpaired) electrons. The summed E-state index contributed by atoms with van der Waals surface area (Å²) in [4.78, 5) is 23.4.